The molecular weight excluding hydrogens is 374 g/mol. The number of thiazole rings is 1. The maximum absolute atomic E-state index is 6.10. The van der Waals surface area contributed by atoms with E-state index in [2.05, 4.69) is 56.2 Å². The van der Waals surface area contributed by atoms with Gasteiger partial charge in [0.2, 0.25) is 0 Å². The summed E-state index contributed by atoms with van der Waals surface area (Å²) < 4.78 is 0. The molecule has 2 aliphatic rings. The molecule has 2 aromatic rings. The van der Waals surface area contributed by atoms with Gasteiger partial charge in [-0.2, -0.15) is 0 Å². The van der Waals surface area contributed by atoms with E-state index >= 15 is 0 Å². The van der Waals surface area contributed by atoms with E-state index in [9.17, 15) is 0 Å². The maximum atomic E-state index is 6.10. The Hall–Kier alpha value is -1.39. The molecule has 4 rings (SSSR count). The molecule has 2 heterocycles. The van der Waals surface area contributed by atoms with Gasteiger partial charge in [0.1, 0.15) is 0 Å². The molecule has 158 valence electrons. The molecule has 1 aromatic carbocycles. The van der Waals surface area contributed by atoms with E-state index in [1.807, 2.05) is 0 Å². The smallest absolute Gasteiger partial charge is 0.185 e. The predicted molar refractivity (Wildman–Crippen MR) is 126 cm³/mol. The first-order valence-corrected chi connectivity index (χ1v) is 12.5. The molecule has 1 aromatic heterocycles. The van der Waals surface area contributed by atoms with Crippen molar-refractivity contribution >= 4 is 16.5 Å². The summed E-state index contributed by atoms with van der Waals surface area (Å²) in [5.74, 6) is 0. The van der Waals surface area contributed by atoms with Crippen LogP contribution in [0, 0.1) is 0 Å². The molecule has 0 bridgehead atoms. The normalized spacial score (nSPS) is 22.7. The fraction of sp³-hybridized carbons (Fsp3) is 0.640. The largest absolute Gasteiger partial charge is 0.346 e. The summed E-state index contributed by atoms with van der Waals surface area (Å²) >= 11 is 1.76. The van der Waals surface area contributed by atoms with Crippen LogP contribution in [0.15, 0.2) is 23.6 Å². The third-order valence-electron chi connectivity index (χ3n) is 8.23. The first kappa shape index (κ1) is 20.9. The Bertz CT molecular complexity index is 848. The average Bonchev–Trinajstić information content (AvgIpc) is 3.42. The van der Waals surface area contributed by atoms with Crippen molar-refractivity contribution in [3.05, 3.63) is 34.7 Å². The second kappa shape index (κ2) is 8.03. The molecule has 0 spiro atoms. The molecular formula is C25H37N3S. The van der Waals surface area contributed by atoms with Crippen LogP contribution in [0.4, 0.5) is 5.13 Å². The van der Waals surface area contributed by atoms with Gasteiger partial charge in [-0.15, -0.1) is 11.3 Å². The second-order valence-corrected chi connectivity index (χ2v) is 10.1. The van der Waals surface area contributed by atoms with Gasteiger partial charge in [0.25, 0.3) is 0 Å². The number of anilines is 1. The zero-order chi connectivity index (χ0) is 20.6. The van der Waals surface area contributed by atoms with Gasteiger partial charge in [0, 0.05) is 30.1 Å². The zero-order valence-corrected chi connectivity index (χ0v) is 19.4. The van der Waals surface area contributed by atoms with E-state index in [4.69, 9.17) is 10.7 Å². The topological polar surface area (TPSA) is 42.1 Å². The number of nitrogens with two attached hydrogens (primary N) is 1. The van der Waals surface area contributed by atoms with Gasteiger partial charge in [-0.25, -0.2) is 4.98 Å². The van der Waals surface area contributed by atoms with Crippen LogP contribution < -0.4 is 10.6 Å². The van der Waals surface area contributed by atoms with Crippen LogP contribution in [0.3, 0.4) is 0 Å². The molecule has 2 N–H and O–H groups in total. The van der Waals surface area contributed by atoms with Crippen LogP contribution in [0.25, 0.3) is 11.3 Å². The third-order valence-corrected chi connectivity index (χ3v) is 9.14. The summed E-state index contributed by atoms with van der Waals surface area (Å²) in [5, 5.41) is 3.36. The Morgan fingerprint density at radius 2 is 1.69 bits per heavy atom. The minimum Gasteiger partial charge on any atom is -0.346 e. The molecule has 1 fully saturated rings. The summed E-state index contributed by atoms with van der Waals surface area (Å²) in [5.41, 5.74) is 12.4. The summed E-state index contributed by atoms with van der Waals surface area (Å²) in [4.78, 5) is 7.36. The number of hydrogen-bond donors (Lipinski definition) is 1. The lowest BCUT2D eigenvalue weighted by Gasteiger charge is -2.48. The van der Waals surface area contributed by atoms with Crippen molar-refractivity contribution in [2.75, 3.05) is 18.0 Å². The Morgan fingerprint density at radius 3 is 2.28 bits per heavy atom. The maximum Gasteiger partial charge on any atom is 0.185 e. The van der Waals surface area contributed by atoms with E-state index in [0.717, 1.165) is 30.3 Å². The number of benzene rings is 1. The summed E-state index contributed by atoms with van der Waals surface area (Å²) in [6, 6.07) is 7.56. The molecule has 1 atom stereocenters. The van der Waals surface area contributed by atoms with Crippen molar-refractivity contribution in [2.45, 2.75) is 89.5 Å². The van der Waals surface area contributed by atoms with Gasteiger partial charge in [-0.3, -0.25) is 0 Å². The van der Waals surface area contributed by atoms with E-state index < -0.39 is 0 Å². The number of fused-ring (bicyclic) bond motifs is 1. The zero-order valence-electron chi connectivity index (χ0n) is 18.6. The molecule has 1 aliphatic carbocycles. The lowest BCUT2D eigenvalue weighted by Crippen LogP contribution is -2.39. The van der Waals surface area contributed by atoms with Gasteiger partial charge in [0.05, 0.1) is 5.69 Å². The van der Waals surface area contributed by atoms with Crippen molar-refractivity contribution in [2.24, 2.45) is 5.73 Å². The Balaban J connectivity index is 1.75. The van der Waals surface area contributed by atoms with E-state index in [1.54, 1.807) is 22.5 Å². The molecule has 4 heteroatoms. The van der Waals surface area contributed by atoms with Gasteiger partial charge < -0.3 is 10.6 Å². The quantitative estimate of drug-likeness (QED) is 0.610. The third kappa shape index (κ3) is 3.42. The van der Waals surface area contributed by atoms with Crippen molar-refractivity contribution in [1.82, 2.24) is 4.98 Å². The number of aromatic nitrogens is 1. The van der Waals surface area contributed by atoms with Crippen molar-refractivity contribution in [3.63, 3.8) is 0 Å². The highest BCUT2D eigenvalue weighted by molar-refractivity contribution is 7.14. The highest BCUT2D eigenvalue weighted by Crippen LogP contribution is 2.53. The summed E-state index contributed by atoms with van der Waals surface area (Å²) in [7, 11) is 0. The van der Waals surface area contributed by atoms with Crippen LogP contribution in [0.5, 0.6) is 0 Å². The fourth-order valence-corrected chi connectivity index (χ4v) is 6.70. The lowest BCUT2D eigenvalue weighted by molar-refractivity contribution is 0.239. The van der Waals surface area contributed by atoms with Gasteiger partial charge in [-0.05, 0) is 73.0 Å². The minimum atomic E-state index is 0.289. The highest BCUT2D eigenvalue weighted by Gasteiger charge is 2.43. The van der Waals surface area contributed by atoms with Crippen LogP contribution in [-0.2, 0) is 10.8 Å². The van der Waals surface area contributed by atoms with Crippen LogP contribution in [0.2, 0.25) is 0 Å². The number of hydrogen-bond acceptors (Lipinski definition) is 4. The van der Waals surface area contributed by atoms with Crippen LogP contribution in [0.1, 0.15) is 83.8 Å². The molecule has 0 amide bonds. The molecule has 3 nitrogen and oxygen atoms in total. The van der Waals surface area contributed by atoms with Gasteiger partial charge >= 0.3 is 0 Å². The van der Waals surface area contributed by atoms with Crippen molar-refractivity contribution in [3.8, 4) is 11.3 Å². The SMILES string of the molecule is CCC1(CC)CCC(CC)(CC)c2cc(-c3csc(N4CCC(N)C4)n3)ccc21. The predicted octanol–water partition coefficient (Wildman–Crippen LogP) is 6.26. The van der Waals surface area contributed by atoms with Crippen LogP contribution >= 0.6 is 11.3 Å². The minimum absolute atomic E-state index is 0.289. The highest BCUT2D eigenvalue weighted by atomic mass is 32.1. The lowest BCUT2D eigenvalue weighted by atomic mass is 9.57. The van der Waals surface area contributed by atoms with Crippen molar-refractivity contribution < 1.29 is 0 Å². The molecule has 0 saturated carbocycles. The Labute approximate surface area is 180 Å². The molecule has 0 radical (unpaired) electrons. The average molecular weight is 412 g/mol. The van der Waals surface area contributed by atoms with Gasteiger partial charge in [0.15, 0.2) is 5.13 Å². The van der Waals surface area contributed by atoms with Crippen molar-refractivity contribution in [1.29, 1.82) is 0 Å². The second-order valence-electron chi connectivity index (χ2n) is 9.25. The number of rotatable bonds is 6. The summed E-state index contributed by atoms with van der Waals surface area (Å²) in [6.07, 6.45) is 8.61. The summed E-state index contributed by atoms with van der Waals surface area (Å²) in [6.45, 7) is 11.5. The molecule has 1 saturated heterocycles. The number of nitrogens with zero attached hydrogens (tertiary/aromatic N) is 2. The molecule has 29 heavy (non-hydrogen) atoms. The first-order chi connectivity index (χ1) is 14.0. The van der Waals surface area contributed by atoms with E-state index in [-0.39, 0.29) is 6.04 Å². The molecule has 1 aliphatic heterocycles. The standard InChI is InChI=1S/C25H37N3S/c1-5-24(6-2)12-13-25(7-3,8-4)21-15-18(9-10-20(21)24)22-17-29-23(27-22)28-14-11-19(26)16-28/h9-10,15,17,19H,5-8,11-14,16,26H2,1-4H3. The van der Waals surface area contributed by atoms with Crippen LogP contribution in [-0.4, -0.2) is 24.1 Å². The van der Waals surface area contributed by atoms with Gasteiger partial charge in [-0.1, -0.05) is 39.8 Å². The van der Waals surface area contributed by atoms with E-state index in [0.29, 0.717) is 10.8 Å². The monoisotopic (exact) mass is 411 g/mol. The Morgan fingerprint density at radius 1 is 1.03 bits per heavy atom. The molecule has 1 unspecified atom stereocenters. The Kier molecular flexibility index (Phi) is 5.78. The van der Waals surface area contributed by atoms with E-state index in [1.165, 1.54) is 44.1 Å². The first-order valence-electron chi connectivity index (χ1n) is 11.6. The fourth-order valence-electron chi connectivity index (χ4n) is 5.82.